The van der Waals surface area contributed by atoms with Gasteiger partial charge < -0.3 is 4.74 Å². The van der Waals surface area contributed by atoms with Crippen molar-refractivity contribution in [1.29, 1.82) is 0 Å². The van der Waals surface area contributed by atoms with Crippen molar-refractivity contribution in [2.24, 2.45) is 0 Å². The average molecular weight is 236 g/mol. The third-order valence-corrected chi connectivity index (χ3v) is 3.36. The lowest BCUT2D eigenvalue weighted by Gasteiger charge is -2.19. The molecule has 2 nitrogen and oxygen atoms in total. The topological polar surface area (TPSA) is 22.1 Å². The monoisotopic (exact) mass is 235 g/mol. The van der Waals surface area contributed by atoms with E-state index in [-0.39, 0.29) is 5.60 Å². The van der Waals surface area contributed by atoms with Gasteiger partial charge >= 0.3 is 0 Å². The quantitative estimate of drug-likeness (QED) is 0.787. The molecule has 1 rings (SSSR count). The van der Waals surface area contributed by atoms with Gasteiger partial charge in [0.1, 0.15) is 15.2 Å². The summed E-state index contributed by atoms with van der Waals surface area (Å²) in [5.74, 6) is 0. The van der Waals surface area contributed by atoms with Gasteiger partial charge in [-0.05, 0) is 29.8 Å². The summed E-state index contributed by atoms with van der Waals surface area (Å²) in [7, 11) is 1.69. The van der Waals surface area contributed by atoms with Crippen LogP contribution in [0.4, 0.5) is 0 Å². The Morgan fingerprint density at radius 3 is 2.64 bits per heavy atom. The lowest BCUT2D eigenvalue weighted by Crippen LogP contribution is -2.18. The summed E-state index contributed by atoms with van der Waals surface area (Å²) >= 11 is 4.90. The highest BCUT2D eigenvalue weighted by atomic mass is 79.9. The lowest BCUT2D eigenvalue weighted by molar-refractivity contribution is 0.0189. The number of ether oxygens (including phenoxy) is 1. The maximum Gasteiger partial charge on any atom is 0.125 e. The Balaban J connectivity index is 2.92. The molecule has 0 aliphatic carbocycles. The highest BCUT2D eigenvalue weighted by molar-refractivity contribution is 9.10. The zero-order chi connectivity index (χ0) is 8.48. The van der Waals surface area contributed by atoms with E-state index in [0.717, 1.165) is 9.61 Å². The minimum Gasteiger partial charge on any atom is -0.372 e. The lowest BCUT2D eigenvalue weighted by atomic mass is 10.1. The largest absolute Gasteiger partial charge is 0.372 e. The van der Waals surface area contributed by atoms with Crippen molar-refractivity contribution in [1.82, 2.24) is 4.98 Å². The van der Waals surface area contributed by atoms with Crippen LogP contribution >= 0.6 is 27.3 Å². The smallest absolute Gasteiger partial charge is 0.125 e. The van der Waals surface area contributed by atoms with E-state index in [1.54, 1.807) is 18.4 Å². The molecule has 0 N–H and O–H groups in total. The van der Waals surface area contributed by atoms with Crippen LogP contribution in [0.2, 0.25) is 0 Å². The Kier molecular flexibility index (Phi) is 2.67. The Hall–Kier alpha value is 0.0700. The predicted octanol–water partition coefficient (Wildman–Crippen LogP) is 2.79. The highest BCUT2D eigenvalue weighted by Gasteiger charge is 2.22. The van der Waals surface area contributed by atoms with E-state index in [9.17, 15) is 0 Å². The van der Waals surface area contributed by atoms with Crippen LogP contribution < -0.4 is 0 Å². The summed E-state index contributed by atoms with van der Waals surface area (Å²) in [6.45, 7) is 4.00. The number of hydrogen-bond donors (Lipinski definition) is 0. The minimum atomic E-state index is -0.267. The summed E-state index contributed by atoms with van der Waals surface area (Å²) in [6, 6.07) is 0. The van der Waals surface area contributed by atoms with Gasteiger partial charge in [-0.15, -0.1) is 11.3 Å². The Bertz CT molecular complexity index is 246. The van der Waals surface area contributed by atoms with E-state index in [1.165, 1.54) is 0 Å². The van der Waals surface area contributed by atoms with Crippen molar-refractivity contribution in [3.63, 3.8) is 0 Å². The molecular formula is C7H10BrNOS. The van der Waals surface area contributed by atoms with Gasteiger partial charge in [-0.3, -0.25) is 0 Å². The van der Waals surface area contributed by atoms with Gasteiger partial charge in [0.05, 0.1) is 0 Å². The Labute approximate surface area is 78.7 Å². The molecule has 0 fully saturated rings. The number of aromatic nitrogens is 1. The number of methoxy groups -OCH3 is 1. The van der Waals surface area contributed by atoms with Crippen LogP contribution in [-0.4, -0.2) is 12.1 Å². The fourth-order valence-electron chi connectivity index (χ4n) is 0.618. The van der Waals surface area contributed by atoms with Crippen LogP contribution in [0, 0.1) is 0 Å². The number of thiazole rings is 1. The molecule has 0 radical (unpaired) electrons. The molecule has 4 heteroatoms. The first-order valence-electron chi connectivity index (χ1n) is 3.23. The van der Waals surface area contributed by atoms with Gasteiger partial charge in [0, 0.05) is 12.5 Å². The third kappa shape index (κ3) is 2.01. The van der Waals surface area contributed by atoms with Crippen molar-refractivity contribution in [2.45, 2.75) is 19.4 Å². The van der Waals surface area contributed by atoms with Gasteiger partial charge in [-0.2, -0.15) is 0 Å². The van der Waals surface area contributed by atoms with Gasteiger partial charge in [-0.1, -0.05) is 0 Å². The Morgan fingerprint density at radius 2 is 2.27 bits per heavy atom. The van der Waals surface area contributed by atoms with Crippen LogP contribution in [0.25, 0.3) is 0 Å². The average Bonchev–Trinajstić information content (AvgIpc) is 2.36. The van der Waals surface area contributed by atoms with Crippen LogP contribution in [0.3, 0.4) is 0 Å². The molecule has 0 saturated carbocycles. The zero-order valence-electron chi connectivity index (χ0n) is 6.72. The number of halogens is 1. The van der Waals surface area contributed by atoms with Crippen molar-refractivity contribution < 1.29 is 4.74 Å². The van der Waals surface area contributed by atoms with Gasteiger partial charge in [0.2, 0.25) is 0 Å². The molecule has 0 unspecified atom stereocenters. The number of rotatable bonds is 2. The van der Waals surface area contributed by atoms with E-state index in [1.807, 2.05) is 19.2 Å². The number of hydrogen-bond acceptors (Lipinski definition) is 3. The molecule has 0 bridgehead atoms. The van der Waals surface area contributed by atoms with E-state index >= 15 is 0 Å². The maximum atomic E-state index is 5.26. The molecule has 0 amide bonds. The van der Waals surface area contributed by atoms with E-state index in [0.29, 0.717) is 0 Å². The molecule has 0 atom stereocenters. The van der Waals surface area contributed by atoms with Gasteiger partial charge in [-0.25, -0.2) is 4.98 Å². The third-order valence-electron chi connectivity index (χ3n) is 1.50. The number of nitrogens with zero attached hydrogens (tertiary/aromatic N) is 1. The first kappa shape index (κ1) is 9.16. The molecule has 0 aromatic carbocycles. The molecular weight excluding hydrogens is 226 g/mol. The van der Waals surface area contributed by atoms with Crippen LogP contribution in [0.5, 0.6) is 0 Å². The van der Waals surface area contributed by atoms with Crippen molar-refractivity contribution >= 4 is 27.3 Å². The summed E-state index contributed by atoms with van der Waals surface area (Å²) < 4.78 is 6.14. The normalized spacial score (nSPS) is 12.0. The maximum absolute atomic E-state index is 5.26. The second kappa shape index (κ2) is 3.21. The van der Waals surface area contributed by atoms with Crippen molar-refractivity contribution in [2.75, 3.05) is 7.11 Å². The van der Waals surface area contributed by atoms with Gasteiger partial charge in [0.25, 0.3) is 0 Å². The standard InChI is InChI=1S/C7H10BrNOS/c1-7(2,10-3)6-9-5(8)4-11-6/h4H,1-3H3. The van der Waals surface area contributed by atoms with Crippen molar-refractivity contribution in [3.8, 4) is 0 Å². The molecule has 0 aliphatic heterocycles. The van der Waals surface area contributed by atoms with Crippen LogP contribution in [-0.2, 0) is 10.3 Å². The summed E-state index contributed by atoms with van der Waals surface area (Å²) in [5.41, 5.74) is -0.267. The molecule has 0 aliphatic rings. The van der Waals surface area contributed by atoms with Crippen LogP contribution in [0.1, 0.15) is 18.9 Å². The molecule has 1 aromatic heterocycles. The zero-order valence-corrected chi connectivity index (χ0v) is 9.12. The van der Waals surface area contributed by atoms with Crippen molar-refractivity contribution in [3.05, 3.63) is 15.0 Å². The highest BCUT2D eigenvalue weighted by Crippen LogP contribution is 2.28. The minimum absolute atomic E-state index is 0.267. The van der Waals surface area contributed by atoms with Gasteiger partial charge in [0.15, 0.2) is 0 Å². The van der Waals surface area contributed by atoms with E-state index in [2.05, 4.69) is 20.9 Å². The SMILES string of the molecule is COC(C)(C)c1nc(Br)cs1. The van der Waals surface area contributed by atoms with E-state index < -0.39 is 0 Å². The molecule has 62 valence electrons. The summed E-state index contributed by atoms with van der Waals surface area (Å²) in [4.78, 5) is 4.26. The molecule has 11 heavy (non-hydrogen) atoms. The molecule has 1 heterocycles. The fourth-order valence-corrected chi connectivity index (χ4v) is 1.97. The second-order valence-electron chi connectivity index (χ2n) is 2.69. The Morgan fingerprint density at radius 1 is 1.64 bits per heavy atom. The van der Waals surface area contributed by atoms with E-state index in [4.69, 9.17) is 4.74 Å². The molecule has 0 saturated heterocycles. The molecule has 1 aromatic rings. The second-order valence-corrected chi connectivity index (χ2v) is 4.36. The summed E-state index contributed by atoms with van der Waals surface area (Å²) in [6.07, 6.45) is 0. The first-order chi connectivity index (χ1) is 5.06. The first-order valence-corrected chi connectivity index (χ1v) is 4.90. The predicted molar refractivity (Wildman–Crippen MR) is 49.8 cm³/mol. The van der Waals surface area contributed by atoms with Crippen LogP contribution in [0.15, 0.2) is 9.98 Å². The fraction of sp³-hybridized carbons (Fsp3) is 0.571. The molecule has 0 spiro atoms. The summed E-state index contributed by atoms with van der Waals surface area (Å²) in [5, 5.41) is 2.95.